The number of rotatable bonds is 9. The highest BCUT2D eigenvalue weighted by Gasteiger charge is 2.44. The molecule has 2 aromatic carbocycles. The second-order valence-corrected chi connectivity index (χ2v) is 16.0. The van der Waals surface area contributed by atoms with Gasteiger partial charge in [-0.1, -0.05) is 11.6 Å². The normalized spacial score (nSPS) is 24.5. The molecule has 3 aromatic rings. The SMILES string of the molecule is N#Cc1ccc(O[C@H]2CC[C@H](NC(=O)c3ccc(N4CCC(CN5CCN(c6ccc7c(c6)C(O)N(C6CCC(=O)NC6=O)C7=O)CC5)CC4)nn3)CC2)cc1Cl. The number of aliphatic hydroxyl groups excluding tert-OH is 1. The molecule has 5 aliphatic rings. The van der Waals surface area contributed by atoms with Crippen molar-refractivity contribution in [2.75, 3.05) is 55.6 Å². The summed E-state index contributed by atoms with van der Waals surface area (Å²) in [5.74, 6) is 0.443. The zero-order valence-electron chi connectivity index (χ0n) is 31.6. The van der Waals surface area contributed by atoms with Gasteiger partial charge in [-0.2, -0.15) is 5.26 Å². The molecule has 0 spiro atoms. The third-order valence-corrected chi connectivity index (χ3v) is 12.3. The summed E-state index contributed by atoms with van der Waals surface area (Å²) in [6, 6.07) is 15.4. The Morgan fingerprint density at radius 3 is 2.37 bits per heavy atom. The summed E-state index contributed by atoms with van der Waals surface area (Å²) in [5, 5.41) is 34.6. The van der Waals surface area contributed by atoms with Crippen LogP contribution in [0.25, 0.3) is 0 Å². The lowest BCUT2D eigenvalue weighted by atomic mass is 9.93. The number of hydrogen-bond donors (Lipinski definition) is 3. The zero-order valence-corrected chi connectivity index (χ0v) is 32.4. The molecule has 1 aromatic heterocycles. The summed E-state index contributed by atoms with van der Waals surface area (Å²) < 4.78 is 6.08. The fraction of sp³-hybridized carbons (Fsp3) is 0.488. The first-order valence-electron chi connectivity index (χ1n) is 19.8. The molecule has 4 aliphatic heterocycles. The van der Waals surface area contributed by atoms with Crippen LogP contribution in [0.4, 0.5) is 11.5 Å². The molecule has 3 saturated heterocycles. The number of anilines is 2. The summed E-state index contributed by atoms with van der Waals surface area (Å²) in [6.45, 7) is 6.20. The predicted octanol–water partition coefficient (Wildman–Crippen LogP) is 3.41. The van der Waals surface area contributed by atoms with E-state index in [4.69, 9.17) is 21.6 Å². The van der Waals surface area contributed by atoms with Gasteiger partial charge in [-0.15, -0.1) is 10.2 Å². The van der Waals surface area contributed by atoms with Crippen LogP contribution in [0.1, 0.15) is 89.6 Å². The highest BCUT2D eigenvalue weighted by atomic mass is 35.5. The van der Waals surface area contributed by atoms with Gasteiger partial charge in [0.2, 0.25) is 11.8 Å². The highest BCUT2D eigenvalue weighted by Crippen LogP contribution is 2.38. The number of aromatic nitrogens is 2. The van der Waals surface area contributed by atoms with E-state index in [1.54, 1.807) is 30.3 Å². The summed E-state index contributed by atoms with van der Waals surface area (Å²) in [6.07, 6.45) is 4.33. The van der Waals surface area contributed by atoms with Gasteiger partial charge in [0.05, 0.1) is 16.7 Å². The highest BCUT2D eigenvalue weighted by molar-refractivity contribution is 6.31. The largest absolute Gasteiger partial charge is 0.490 e. The maximum atomic E-state index is 13.2. The Morgan fingerprint density at radius 1 is 0.912 bits per heavy atom. The number of fused-ring (bicyclic) bond motifs is 1. The molecule has 0 radical (unpaired) electrons. The second-order valence-electron chi connectivity index (χ2n) is 15.6. The molecular weight excluding hydrogens is 750 g/mol. The number of carbonyl (C=O) groups excluding carboxylic acids is 4. The number of nitrogens with zero attached hydrogens (tertiary/aromatic N) is 7. The van der Waals surface area contributed by atoms with Crippen molar-refractivity contribution in [2.24, 2.45) is 5.92 Å². The summed E-state index contributed by atoms with van der Waals surface area (Å²) in [7, 11) is 0. The topological polar surface area (TPSA) is 184 Å². The van der Waals surface area contributed by atoms with Crippen LogP contribution >= 0.6 is 11.6 Å². The van der Waals surface area contributed by atoms with Gasteiger partial charge < -0.3 is 25.0 Å². The molecule has 1 saturated carbocycles. The number of aliphatic hydroxyl groups is 1. The Hall–Kier alpha value is -5.30. The van der Waals surface area contributed by atoms with Crippen LogP contribution in [-0.4, -0.2) is 113 Å². The molecule has 5 heterocycles. The number of carbonyl (C=O) groups is 4. The number of piperazine rings is 1. The van der Waals surface area contributed by atoms with Crippen molar-refractivity contribution in [3.05, 3.63) is 75.9 Å². The van der Waals surface area contributed by atoms with Crippen molar-refractivity contribution in [2.45, 2.75) is 75.8 Å². The van der Waals surface area contributed by atoms with Crippen molar-refractivity contribution in [3.8, 4) is 11.8 Å². The van der Waals surface area contributed by atoms with Gasteiger partial charge in [0.15, 0.2) is 17.7 Å². The summed E-state index contributed by atoms with van der Waals surface area (Å²) >= 11 is 6.14. The Balaban J connectivity index is 0.752. The van der Waals surface area contributed by atoms with Crippen molar-refractivity contribution in [3.63, 3.8) is 0 Å². The number of piperidine rings is 2. The van der Waals surface area contributed by atoms with Gasteiger partial charge in [0, 0.05) is 81.2 Å². The Kier molecular flexibility index (Phi) is 11.3. The van der Waals surface area contributed by atoms with Crippen LogP contribution in [0.3, 0.4) is 0 Å². The molecule has 15 nitrogen and oxygen atoms in total. The lowest BCUT2D eigenvalue weighted by Crippen LogP contribution is -2.53. The molecule has 1 aliphatic carbocycles. The number of hydrogen-bond acceptors (Lipinski definition) is 12. The minimum absolute atomic E-state index is 0.0207. The molecule has 4 fully saturated rings. The van der Waals surface area contributed by atoms with Crippen LogP contribution < -0.4 is 25.2 Å². The van der Waals surface area contributed by atoms with Crippen molar-refractivity contribution < 1.29 is 29.0 Å². The first-order chi connectivity index (χ1) is 27.6. The van der Waals surface area contributed by atoms with Gasteiger partial charge in [-0.25, -0.2) is 0 Å². The van der Waals surface area contributed by atoms with Crippen LogP contribution in [0.2, 0.25) is 5.02 Å². The van der Waals surface area contributed by atoms with E-state index in [1.165, 1.54) is 4.90 Å². The van der Waals surface area contributed by atoms with Gasteiger partial charge in [-0.3, -0.25) is 34.3 Å². The molecule has 2 atom stereocenters. The van der Waals surface area contributed by atoms with Gasteiger partial charge in [0.1, 0.15) is 17.9 Å². The smallest absolute Gasteiger partial charge is 0.272 e. The molecule has 8 rings (SSSR count). The maximum absolute atomic E-state index is 13.2. The predicted molar refractivity (Wildman–Crippen MR) is 210 cm³/mol. The Labute approximate surface area is 335 Å². The lowest BCUT2D eigenvalue weighted by molar-refractivity contribution is -0.139. The van der Waals surface area contributed by atoms with Crippen LogP contribution in [0.15, 0.2) is 48.5 Å². The lowest BCUT2D eigenvalue weighted by Gasteiger charge is -2.40. The van der Waals surface area contributed by atoms with E-state index in [1.807, 2.05) is 18.2 Å². The monoisotopic (exact) mass is 795 g/mol. The Bertz CT molecular complexity index is 2050. The first-order valence-corrected chi connectivity index (χ1v) is 20.2. The van der Waals surface area contributed by atoms with Gasteiger partial charge in [0.25, 0.3) is 11.8 Å². The van der Waals surface area contributed by atoms with Crippen LogP contribution in [0, 0.1) is 17.2 Å². The van der Waals surface area contributed by atoms with Gasteiger partial charge >= 0.3 is 0 Å². The third-order valence-electron chi connectivity index (χ3n) is 12.0. The molecule has 16 heteroatoms. The molecule has 0 bridgehead atoms. The van der Waals surface area contributed by atoms with Crippen molar-refractivity contribution in [1.82, 2.24) is 30.6 Å². The minimum atomic E-state index is -1.24. The number of nitrogens with one attached hydrogen (secondary N) is 2. The number of amides is 4. The zero-order chi connectivity index (χ0) is 39.6. The molecular formula is C41H46ClN9O6. The number of benzene rings is 2. The molecule has 4 amide bonds. The molecule has 3 N–H and O–H groups in total. The van der Waals surface area contributed by atoms with Gasteiger partial charge in [-0.05, 0) is 93.3 Å². The molecule has 2 unspecified atom stereocenters. The molecule has 298 valence electrons. The number of nitriles is 1. The van der Waals surface area contributed by atoms with E-state index >= 15 is 0 Å². The third kappa shape index (κ3) is 8.39. The number of imide groups is 1. The Morgan fingerprint density at radius 2 is 1.68 bits per heavy atom. The van der Waals surface area contributed by atoms with Crippen molar-refractivity contribution in [1.29, 1.82) is 5.26 Å². The first kappa shape index (κ1) is 38.6. The summed E-state index contributed by atoms with van der Waals surface area (Å²) in [5.41, 5.74) is 2.53. The van der Waals surface area contributed by atoms with E-state index in [0.717, 1.165) is 95.8 Å². The number of ether oxygens (including phenoxy) is 1. The van der Waals surface area contributed by atoms with E-state index < -0.39 is 24.1 Å². The maximum Gasteiger partial charge on any atom is 0.272 e. The minimum Gasteiger partial charge on any atom is -0.490 e. The van der Waals surface area contributed by atoms with E-state index in [2.05, 4.69) is 41.6 Å². The van der Waals surface area contributed by atoms with E-state index in [9.17, 15) is 24.3 Å². The summed E-state index contributed by atoms with van der Waals surface area (Å²) in [4.78, 5) is 58.5. The second kappa shape index (κ2) is 16.7. The van der Waals surface area contributed by atoms with E-state index in [-0.39, 0.29) is 36.8 Å². The quantitative estimate of drug-likeness (QED) is 0.269. The standard InChI is InChI=1S/C41H46ClN9O6/c42-33-22-30(5-1-26(33)23-43)57-29-6-2-27(3-7-29)44-38(53)34-9-11-36(47-46-34)50-15-13-25(14-16-50)24-48-17-19-49(20-18-48)28-4-8-31-32(21-28)41(56)51(40(31)55)35-10-12-37(52)45-39(35)54/h1,4-5,8-9,11,21-22,25,27,29,35,41,56H,2-3,6-7,10,12-20,24H2,(H,44,53)(H,45,52,54)/t27-,29-,35?,41?. The fourth-order valence-corrected chi connectivity index (χ4v) is 8.98. The fourth-order valence-electron chi connectivity index (χ4n) is 8.76. The average molecular weight is 796 g/mol. The van der Waals surface area contributed by atoms with Crippen molar-refractivity contribution >= 4 is 46.7 Å². The van der Waals surface area contributed by atoms with Crippen LogP contribution in [-0.2, 0) is 9.59 Å². The van der Waals surface area contributed by atoms with Crippen LogP contribution in [0.5, 0.6) is 5.75 Å². The average Bonchev–Trinajstić information content (AvgIpc) is 3.47. The van der Waals surface area contributed by atoms with E-state index in [0.29, 0.717) is 39.1 Å². The number of halogens is 1. The molecule has 57 heavy (non-hydrogen) atoms.